The zero-order chi connectivity index (χ0) is 13.0. The van der Waals surface area contributed by atoms with Crippen LogP contribution in [0, 0.1) is 0 Å². The van der Waals surface area contributed by atoms with Crippen molar-refractivity contribution in [3.8, 4) is 0 Å². The van der Waals surface area contributed by atoms with Gasteiger partial charge in [-0.2, -0.15) is 0 Å². The van der Waals surface area contributed by atoms with Crippen LogP contribution in [0.1, 0.15) is 31.4 Å². The molecule has 1 aliphatic rings. The minimum Gasteiger partial charge on any atom is -0.496 e. The van der Waals surface area contributed by atoms with E-state index in [0.717, 1.165) is 40.7 Å². The van der Waals surface area contributed by atoms with Crippen LogP contribution in [0.2, 0.25) is 0 Å². The third-order valence-electron chi connectivity index (χ3n) is 2.93. The second-order valence-electron chi connectivity index (χ2n) is 4.25. The van der Waals surface area contributed by atoms with Crippen LogP contribution in [0.25, 0.3) is 0 Å². The molecule has 1 aromatic carbocycles. The topological polar surface area (TPSA) is 21.3 Å². The largest absolute Gasteiger partial charge is 0.496 e. The standard InChI is InChI=1S/C14H17Br2NO/c1-2-17-14(13-5-3-4-8-18-13)11-7-6-10(15)9-12(11)16/h5-7,9,14,17H,2-4,8H2,1H3. The fraction of sp³-hybridized carbons (Fsp3) is 0.429. The predicted molar refractivity (Wildman–Crippen MR) is 81.5 cm³/mol. The molecular formula is C14H17Br2NO. The molecule has 18 heavy (non-hydrogen) atoms. The van der Waals surface area contributed by atoms with Crippen molar-refractivity contribution >= 4 is 31.9 Å². The fourth-order valence-corrected chi connectivity index (χ4v) is 3.36. The summed E-state index contributed by atoms with van der Waals surface area (Å²) in [4.78, 5) is 0. The van der Waals surface area contributed by atoms with Crippen molar-refractivity contribution in [1.29, 1.82) is 0 Å². The van der Waals surface area contributed by atoms with Gasteiger partial charge in [0.25, 0.3) is 0 Å². The van der Waals surface area contributed by atoms with Gasteiger partial charge in [-0.1, -0.05) is 44.8 Å². The van der Waals surface area contributed by atoms with E-state index in [0.29, 0.717) is 0 Å². The molecule has 2 rings (SSSR count). The van der Waals surface area contributed by atoms with Crippen LogP contribution < -0.4 is 5.32 Å². The molecule has 0 bridgehead atoms. The molecule has 0 amide bonds. The van der Waals surface area contributed by atoms with Gasteiger partial charge in [-0.25, -0.2) is 0 Å². The smallest absolute Gasteiger partial charge is 0.113 e. The zero-order valence-corrected chi connectivity index (χ0v) is 13.6. The van der Waals surface area contributed by atoms with Crippen molar-refractivity contribution in [3.63, 3.8) is 0 Å². The Morgan fingerprint density at radius 1 is 1.39 bits per heavy atom. The van der Waals surface area contributed by atoms with Gasteiger partial charge >= 0.3 is 0 Å². The Kier molecular flexibility index (Phi) is 5.27. The molecule has 0 aromatic heterocycles. The van der Waals surface area contributed by atoms with E-state index in [4.69, 9.17) is 4.74 Å². The molecule has 2 nitrogen and oxygen atoms in total. The van der Waals surface area contributed by atoms with Crippen molar-refractivity contribution in [1.82, 2.24) is 5.32 Å². The molecular weight excluding hydrogens is 358 g/mol. The van der Waals surface area contributed by atoms with Gasteiger partial charge in [-0.05, 0) is 43.2 Å². The second-order valence-corrected chi connectivity index (χ2v) is 6.02. The van der Waals surface area contributed by atoms with Gasteiger partial charge < -0.3 is 10.1 Å². The molecule has 0 fully saturated rings. The van der Waals surface area contributed by atoms with Crippen LogP contribution >= 0.6 is 31.9 Å². The van der Waals surface area contributed by atoms with Crippen LogP contribution in [0.3, 0.4) is 0 Å². The molecule has 0 radical (unpaired) electrons. The van der Waals surface area contributed by atoms with E-state index in [1.54, 1.807) is 0 Å². The molecule has 1 atom stereocenters. The van der Waals surface area contributed by atoms with E-state index in [9.17, 15) is 0 Å². The number of halogens is 2. The second kappa shape index (κ2) is 6.73. The number of likely N-dealkylation sites (N-methyl/N-ethyl adjacent to an activating group) is 1. The van der Waals surface area contributed by atoms with Gasteiger partial charge in [0, 0.05) is 8.95 Å². The van der Waals surface area contributed by atoms with Crippen molar-refractivity contribution < 1.29 is 4.74 Å². The number of rotatable bonds is 4. The summed E-state index contributed by atoms with van der Waals surface area (Å²) in [7, 11) is 0. The molecule has 0 spiro atoms. The van der Waals surface area contributed by atoms with Crippen molar-refractivity contribution in [2.24, 2.45) is 0 Å². The van der Waals surface area contributed by atoms with E-state index in [2.05, 4.69) is 68.4 Å². The summed E-state index contributed by atoms with van der Waals surface area (Å²) in [5.41, 5.74) is 1.22. The molecule has 1 unspecified atom stereocenters. The minimum absolute atomic E-state index is 0.137. The molecule has 98 valence electrons. The maximum atomic E-state index is 5.80. The van der Waals surface area contributed by atoms with E-state index in [1.165, 1.54) is 5.56 Å². The highest BCUT2D eigenvalue weighted by Crippen LogP contribution is 2.32. The Labute approximate surface area is 125 Å². The van der Waals surface area contributed by atoms with Gasteiger partial charge in [0.05, 0.1) is 12.6 Å². The lowest BCUT2D eigenvalue weighted by molar-refractivity contribution is 0.168. The first-order chi connectivity index (χ1) is 8.72. The Bertz CT molecular complexity index is 445. The molecule has 0 saturated carbocycles. The summed E-state index contributed by atoms with van der Waals surface area (Å²) in [5.74, 6) is 1.05. The van der Waals surface area contributed by atoms with E-state index in [1.807, 2.05) is 0 Å². The molecule has 1 N–H and O–H groups in total. The normalized spacial score (nSPS) is 16.9. The summed E-state index contributed by atoms with van der Waals surface area (Å²) in [6.45, 7) is 3.85. The quantitative estimate of drug-likeness (QED) is 0.834. The van der Waals surface area contributed by atoms with Crippen LogP contribution in [-0.2, 0) is 4.74 Å². The lowest BCUT2D eigenvalue weighted by Gasteiger charge is -2.25. The maximum Gasteiger partial charge on any atom is 0.113 e. The molecule has 4 heteroatoms. The van der Waals surface area contributed by atoms with Crippen molar-refractivity contribution in [3.05, 3.63) is 44.5 Å². The number of hydrogen-bond acceptors (Lipinski definition) is 2. The van der Waals surface area contributed by atoms with E-state index < -0.39 is 0 Å². The van der Waals surface area contributed by atoms with Gasteiger partial charge in [-0.15, -0.1) is 0 Å². The zero-order valence-electron chi connectivity index (χ0n) is 10.4. The SMILES string of the molecule is CCNC(C1=CCCCO1)c1ccc(Br)cc1Br. The van der Waals surface area contributed by atoms with Crippen molar-refractivity contribution in [2.75, 3.05) is 13.2 Å². The Morgan fingerprint density at radius 3 is 2.83 bits per heavy atom. The molecule has 1 heterocycles. The molecule has 1 aliphatic heterocycles. The van der Waals surface area contributed by atoms with Crippen molar-refractivity contribution in [2.45, 2.75) is 25.8 Å². The van der Waals surface area contributed by atoms with Gasteiger partial charge in [-0.3, -0.25) is 0 Å². The summed E-state index contributed by atoms with van der Waals surface area (Å²) >= 11 is 7.12. The lowest BCUT2D eigenvalue weighted by atomic mass is 10.0. The summed E-state index contributed by atoms with van der Waals surface area (Å²) in [6, 6.07) is 6.40. The number of nitrogens with one attached hydrogen (secondary N) is 1. The highest BCUT2D eigenvalue weighted by Gasteiger charge is 2.21. The van der Waals surface area contributed by atoms with Gasteiger partial charge in [0.15, 0.2) is 0 Å². The monoisotopic (exact) mass is 373 g/mol. The Balaban J connectivity index is 2.31. The minimum atomic E-state index is 0.137. The predicted octanol–water partition coefficient (Wildman–Crippen LogP) is 4.56. The fourth-order valence-electron chi connectivity index (χ4n) is 2.08. The van der Waals surface area contributed by atoms with E-state index in [-0.39, 0.29) is 6.04 Å². The highest BCUT2D eigenvalue weighted by atomic mass is 79.9. The third-order valence-corrected chi connectivity index (χ3v) is 4.11. The maximum absolute atomic E-state index is 5.80. The van der Waals surface area contributed by atoms with Crippen LogP contribution in [0.5, 0.6) is 0 Å². The average molecular weight is 375 g/mol. The molecule has 1 aromatic rings. The molecule has 0 aliphatic carbocycles. The van der Waals surface area contributed by atoms with Gasteiger partial charge in [0.1, 0.15) is 5.76 Å². The average Bonchev–Trinajstić information content (AvgIpc) is 2.38. The Morgan fingerprint density at radius 2 is 2.22 bits per heavy atom. The molecule has 0 saturated heterocycles. The number of allylic oxidation sites excluding steroid dienone is 1. The van der Waals surface area contributed by atoms with Gasteiger partial charge in [0.2, 0.25) is 0 Å². The van der Waals surface area contributed by atoms with Crippen LogP contribution in [0.15, 0.2) is 39.0 Å². The van der Waals surface area contributed by atoms with Crippen LogP contribution in [0.4, 0.5) is 0 Å². The first-order valence-electron chi connectivity index (χ1n) is 6.23. The Hall–Kier alpha value is -0.320. The third kappa shape index (κ3) is 3.37. The summed E-state index contributed by atoms with van der Waals surface area (Å²) in [6.07, 6.45) is 4.42. The number of hydrogen-bond donors (Lipinski definition) is 1. The first kappa shape index (κ1) is 14.1. The number of ether oxygens (including phenoxy) is 1. The summed E-state index contributed by atoms with van der Waals surface area (Å²) in [5, 5.41) is 3.49. The first-order valence-corrected chi connectivity index (χ1v) is 7.82. The highest BCUT2D eigenvalue weighted by molar-refractivity contribution is 9.11. The lowest BCUT2D eigenvalue weighted by Crippen LogP contribution is -2.25. The van der Waals surface area contributed by atoms with E-state index >= 15 is 0 Å². The number of benzene rings is 1. The van der Waals surface area contributed by atoms with Crippen LogP contribution in [-0.4, -0.2) is 13.2 Å². The summed E-state index contributed by atoms with van der Waals surface area (Å²) < 4.78 is 7.97.